The quantitative estimate of drug-likeness (QED) is 0.541. The number of nitrogens with zero attached hydrogens (tertiary/aromatic N) is 1. The number of hydrogen-bond acceptors (Lipinski definition) is 3. The second-order valence-corrected chi connectivity index (χ2v) is 7.62. The summed E-state index contributed by atoms with van der Waals surface area (Å²) in [5.74, 6) is -0.868. The molecule has 1 unspecified atom stereocenters. The van der Waals surface area contributed by atoms with E-state index in [1.54, 1.807) is 19.1 Å². The first kappa shape index (κ1) is 18.4. The predicted octanol–water partition coefficient (Wildman–Crippen LogP) is 3.01. The zero-order valence-corrected chi connectivity index (χ0v) is 16.5. The highest BCUT2D eigenvalue weighted by Gasteiger charge is 2.49. The molecule has 1 aliphatic rings. The molecule has 26 heavy (non-hydrogen) atoms. The van der Waals surface area contributed by atoms with E-state index in [0.29, 0.717) is 11.3 Å². The van der Waals surface area contributed by atoms with Crippen LogP contribution in [0.3, 0.4) is 0 Å². The van der Waals surface area contributed by atoms with Gasteiger partial charge in [0.05, 0.1) is 0 Å². The van der Waals surface area contributed by atoms with E-state index in [1.165, 1.54) is 0 Å². The van der Waals surface area contributed by atoms with Crippen molar-refractivity contribution in [3.05, 3.63) is 63.2 Å². The van der Waals surface area contributed by atoms with Gasteiger partial charge in [-0.2, -0.15) is 0 Å². The molecule has 2 aromatic rings. The van der Waals surface area contributed by atoms with E-state index in [1.807, 2.05) is 43.3 Å². The Labute approximate surface area is 165 Å². The van der Waals surface area contributed by atoms with Crippen LogP contribution in [-0.4, -0.2) is 29.3 Å². The molecule has 2 N–H and O–H groups in total. The Kier molecular flexibility index (Phi) is 4.99. The Balaban J connectivity index is 1.74. The molecule has 134 valence electrons. The Morgan fingerprint density at radius 1 is 1.19 bits per heavy atom. The summed E-state index contributed by atoms with van der Waals surface area (Å²) in [5.41, 5.74) is 1.19. The van der Waals surface area contributed by atoms with Gasteiger partial charge < -0.3 is 10.6 Å². The third kappa shape index (κ3) is 3.57. The van der Waals surface area contributed by atoms with Gasteiger partial charge in [-0.15, -0.1) is 0 Å². The van der Waals surface area contributed by atoms with Crippen molar-refractivity contribution in [1.82, 2.24) is 10.2 Å². The molecule has 3 rings (SSSR count). The highest BCUT2D eigenvalue weighted by Crippen LogP contribution is 2.29. The minimum Gasteiger partial charge on any atom is -0.324 e. The maximum atomic E-state index is 12.8. The summed E-state index contributed by atoms with van der Waals surface area (Å²) >= 11 is 2.14. The summed E-state index contributed by atoms with van der Waals surface area (Å²) in [7, 11) is 0. The minimum absolute atomic E-state index is 0.336. The third-order valence-corrected chi connectivity index (χ3v) is 4.98. The topological polar surface area (TPSA) is 78.5 Å². The molecule has 0 saturated carbocycles. The molecule has 0 radical (unpaired) electrons. The van der Waals surface area contributed by atoms with E-state index >= 15 is 0 Å². The molecular weight excluding hydrogens is 445 g/mol. The molecule has 1 fully saturated rings. The zero-order chi connectivity index (χ0) is 18.9. The van der Waals surface area contributed by atoms with Crippen LogP contribution in [0.2, 0.25) is 0 Å². The molecule has 6 nitrogen and oxygen atoms in total. The van der Waals surface area contributed by atoms with E-state index in [-0.39, 0.29) is 6.54 Å². The van der Waals surface area contributed by atoms with Crippen LogP contribution >= 0.6 is 22.6 Å². The number of amides is 4. The number of nitrogens with one attached hydrogen (secondary N) is 2. The van der Waals surface area contributed by atoms with Crippen molar-refractivity contribution in [3.8, 4) is 0 Å². The van der Waals surface area contributed by atoms with Crippen LogP contribution in [0.15, 0.2) is 48.5 Å². The second-order valence-electron chi connectivity index (χ2n) is 6.37. The predicted molar refractivity (Wildman–Crippen MR) is 107 cm³/mol. The Morgan fingerprint density at radius 2 is 1.88 bits per heavy atom. The number of carbonyl (C=O) groups excluding carboxylic acids is 3. The zero-order valence-electron chi connectivity index (χ0n) is 14.4. The van der Waals surface area contributed by atoms with Gasteiger partial charge in [-0.05, 0) is 60.2 Å². The fourth-order valence-corrected chi connectivity index (χ4v) is 3.38. The molecule has 1 aliphatic heterocycles. The molecule has 4 amide bonds. The largest absolute Gasteiger partial charge is 0.325 e. The molecule has 0 aliphatic carbocycles. The van der Waals surface area contributed by atoms with Crippen molar-refractivity contribution in [2.45, 2.75) is 19.4 Å². The number of hydrogen-bond donors (Lipinski definition) is 2. The van der Waals surface area contributed by atoms with Gasteiger partial charge in [-0.3, -0.25) is 14.5 Å². The van der Waals surface area contributed by atoms with Crippen LogP contribution in [0.4, 0.5) is 10.5 Å². The van der Waals surface area contributed by atoms with Crippen molar-refractivity contribution in [2.75, 3.05) is 11.9 Å². The molecule has 7 heteroatoms. The van der Waals surface area contributed by atoms with Crippen LogP contribution in [0, 0.1) is 10.5 Å². The first-order chi connectivity index (χ1) is 12.3. The van der Waals surface area contributed by atoms with E-state index in [4.69, 9.17) is 0 Å². The summed E-state index contributed by atoms with van der Waals surface area (Å²) in [6, 6.07) is 14.1. The average Bonchev–Trinajstić information content (AvgIpc) is 2.79. The summed E-state index contributed by atoms with van der Waals surface area (Å²) in [4.78, 5) is 38.3. The molecule has 1 heterocycles. The van der Waals surface area contributed by atoms with Crippen LogP contribution < -0.4 is 10.6 Å². The van der Waals surface area contributed by atoms with Crippen LogP contribution in [0.1, 0.15) is 18.1 Å². The fraction of sp³-hybridized carbons (Fsp3) is 0.211. The minimum atomic E-state index is -1.17. The highest BCUT2D eigenvalue weighted by atomic mass is 127. The van der Waals surface area contributed by atoms with Gasteiger partial charge in [-0.25, -0.2) is 4.79 Å². The van der Waals surface area contributed by atoms with E-state index in [9.17, 15) is 14.4 Å². The van der Waals surface area contributed by atoms with Crippen molar-refractivity contribution < 1.29 is 14.4 Å². The molecule has 0 bridgehead atoms. The maximum Gasteiger partial charge on any atom is 0.325 e. The number of carbonyl (C=O) groups is 3. The Hall–Kier alpha value is -2.42. The van der Waals surface area contributed by atoms with Crippen LogP contribution in [0.25, 0.3) is 0 Å². The molecule has 0 aromatic heterocycles. The highest BCUT2D eigenvalue weighted by molar-refractivity contribution is 14.1. The molecular formula is C19H18IN3O3. The van der Waals surface area contributed by atoms with E-state index in [0.717, 1.165) is 14.0 Å². The van der Waals surface area contributed by atoms with Gasteiger partial charge in [0.15, 0.2) is 0 Å². The first-order valence-electron chi connectivity index (χ1n) is 8.06. The van der Waals surface area contributed by atoms with Crippen molar-refractivity contribution in [1.29, 1.82) is 0 Å². The summed E-state index contributed by atoms with van der Waals surface area (Å²) in [6.45, 7) is 3.26. The van der Waals surface area contributed by atoms with Crippen LogP contribution in [0.5, 0.6) is 0 Å². The average molecular weight is 463 g/mol. The van der Waals surface area contributed by atoms with Gasteiger partial charge >= 0.3 is 6.03 Å². The van der Waals surface area contributed by atoms with Crippen molar-refractivity contribution in [3.63, 3.8) is 0 Å². The molecule has 1 saturated heterocycles. The third-order valence-electron chi connectivity index (χ3n) is 4.31. The van der Waals surface area contributed by atoms with E-state index in [2.05, 4.69) is 33.2 Å². The number of benzene rings is 2. The number of aryl methyl sites for hydroxylation is 1. The van der Waals surface area contributed by atoms with Crippen molar-refractivity contribution >= 4 is 46.1 Å². The van der Waals surface area contributed by atoms with Crippen LogP contribution in [-0.2, 0) is 15.1 Å². The Bertz CT molecular complexity index is 882. The maximum absolute atomic E-state index is 12.8. The lowest BCUT2D eigenvalue weighted by Gasteiger charge is -2.22. The molecule has 1 atom stereocenters. The summed E-state index contributed by atoms with van der Waals surface area (Å²) in [6.07, 6.45) is 0. The lowest BCUT2D eigenvalue weighted by molar-refractivity contribution is -0.133. The van der Waals surface area contributed by atoms with Gasteiger partial charge in [-0.1, -0.05) is 35.9 Å². The van der Waals surface area contributed by atoms with E-state index < -0.39 is 23.4 Å². The van der Waals surface area contributed by atoms with Gasteiger partial charge in [0.25, 0.3) is 5.91 Å². The second kappa shape index (κ2) is 7.06. The first-order valence-corrected chi connectivity index (χ1v) is 9.14. The monoisotopic (exact) mass is 463 g/mol. The van der Waals surface area contributed by atoms with Crippen molar-refractivity contribution in [2.24, 2.45) is 0 Å². The van der Waals surface area contributed by atoms with Gasteiger partial charge in [0.1, 0.15) is 12.1 Å². The van der Waals surface area contributed by atoms with Gasteiger partial charge in [0.2, 0.25) is 5.91 Å². The number of halogens is 1. The van der Waals surface area contributed by atoms with Gasteiger partial charge in [0, 0.05) is 9.26 Å². The lowest BCUT2D eigenvalue weighted by atomic mass is 9.91. The lowest BCUT2D eigenvalue weighted by Crippen LogP contribution is -2.42. The SMILES string of the molecule is Cc1ccc(C2(C)NC(=O)N(CC(=O)Nc3cccc(I)c3)C2=O)cc1. The molecule has 0 spiro atoms. The number of urea groups is 1. The Morgan fingerprint density at radius 3 is 2.54 bits per heavy atom. The smallest absolute Gasteiger partial charge is 0.324 e. The molecule has 2 aromatic carbocycles. The normalized spacial score (nSPS) is 19.4. The fourth-order valence-electron chi connectivity index (χ4n) is 2.83. The summed E-state index contributed by atoms with van der Waals surface area (Å²) < 4.78 is 0.974. The summed E-state index contributed by atoms with van der Waals surface area (Å²) in [5, 5.41) is 5.41. The number of anilines is 1. The number of rotatable bonds is 4. The standard InChI is InChI=1S/C19H18IN3O3/c1-12-6-8-13(9-7-12)19(2)17(25)23(18(26)22-19)11-16(24)21-15-5-3-4-14(20)10-15/h3-10H,11H2,1-2H3,(H,21,24)(H,22,26). The number of imide groups is 1.